The molecule has 1 saturated heterocycles. The summed E-state index contributed by atoms with van der Waals surface area (Å²) in [6.45, 7) is 4.21. The maximum absolute atomic E-state index is 13.4. The van der Waals surface area contributed by atoms with E-state index in [4.69, 9.17) is 9.73 Å². The van der Waals surface area contributed by atoms with Gasteiger partial charge in [-0.2, -0.15) is 0 Å². The Hall–Kier alpha value is -3.23. The highest BCUT2D eigenvalue weighted by Gasteiger charge is 2.38. The van der Waals surface area contributed by atoms with Gasteiger partial charge in [0, 0.05) is 36.1 Å². The molecule has 8 heteroatoms. The molecule has 5 rings (SSSR count). The van der Waals surface area contributed by atoms with Crippen molar-refractivity contribution in [1.82, 2.24) is 9.88 Å². The topological polar surface area (TPSA) is 58.0 Å². The first-order valence-electron chi connectivity index (χ1n) is 9.97. The quantitative estimate of drug-likeness (QED) is 0.384. The first-order valence-corrected chi connectivity index (χ1v) is 11.6. The number of methoxy groups -OCH3 is 1. The number of fused-ring (bicyclic) bond motifs is 2. The molecule has 0 bridgehead atoms. The molecular formula is C24H20N4O2S2. The zero-order valence-corrected chi connectivity index (χ0v) is 19.2. The number of benzene rings is 2. The summed E-state index contributed by atoms with van der Waals surface area (Å²) in [5.41, 5.74) is 2.67. The fraction of sp³-hybridized carbons (Fsp3) is 0.125. The van der Waals surface area contributed by atoms with E-state index >= 15 is 0 Å². The van der Waals surface area contributed by atoms with E-state index < -0.39 is 0 Å². The largest absolute Gasteiger partial charge is 0.497 e. The van der Waals surface area contributed by atoms with Crippen LogP contribution in [0, 0.1) is 0 Å². The van der Waals surface area contributed by atoms with Crippen molar-refractivity contribution < 1.29 is 9.53 Å². The average Bonchev–Trinajstić information content (AvgIpc) is 3.30. The molecular weight excluding hydrogens is 440 g/mol. The third kappa shape index (κ3) is 3.45. The van der Waals surface area contributed by atoms with Gasteiger partial charge in [0.15, 0.2) is 5.17 Å². The normalized spacial score (nSPS) is 19.2. The molecule has 3 aromatic rings. The number of carbonyl (C=O) groups is 1. The van der Waals surface area contributed by atoms with Crippen LogP contribution in [0.25, 0.3) is 10.9 Å². The van der Waals surface area contributed by atoms with Gasteiger partial charge in [-0.25, -0.2) is 4.99 Å². The molecule has 1 fully saturated rings. The number of amides is 1. The van der Waals surface area contributed by atoms with Gasteiger partial charge in [-0.1, -0.05) is 23.9 Å². The first-order chi connectivity index (χ1) is 15.6. The summed E-state index contributed by atoms with van der Waals surface area (Å²) < 4.78 is 5.37. The van der Waals surface area contributed by atoms with Crippen LogP contribution < -0.4 is 9.64 Å². The van der Waals surface area contributed by atoms with Crippen LogP contribution in [0.15, 0.2) is 87.2 Å². The second-order valence-electron chi connectivity index (χ2n) is 7.18. The number of thioether (sulfide) groups is 2. The van der Waals surface area contributed by atoms with Crippen LogP contribution >= 0.6 is 23.5 Å². The second-order valence-corrected chi connectivity index (χ2v) is 9.19. The zero-order valence-electron chi connectivity index (χ0n) is 17.6. The van der Waals surface area contributed by atoms with Gasteiger partial charge in [0.1, 0.15) is 10.7 Å². The molecule has 2 aliphatic heterocycles. The van der Waals surface area contributed by atoms with E-state index in [1.165, 1.54) is 11.8 Å². The van der Waals surface area contributed by atoms with Gasteiger partial charge in [0.05, 0.1) is 29.0 Å². The van der Waals surface area contributed by atoms with Crippen molar-refractivity contribution >= 4 is 56.9 Å². The zero-order chi connectivity index (χ0) is 22.2. The Morgan fingerprint density at radius 3 is 2.88 bits per heavy atom. The van der Waals surface area contributed by atoms with Crippen molar-refractivity contribution in [3.8, 4) is 5.75 Å². The summed E-state index contributed by atoms with van der Waals surface area (Å²) >= 11 is 2.98. The molecule has 32 heavy (non-hydrogen) atoms. The van der Waals surface area contributed by atoms with Crippen molar-refractivity contribution in [2.24, 2.45) is 4.99 Å². The molecule has 1 aromatic heterocycles. The Balaban J connectivity index is 1.57. The highest BCUT2D eigenvalue weighted by Crippen LogP contribution is 2.51. The van der Waals surface area contributed by atoms with Crippen LogP contribution in [-0.4, -0.2) is 41.7 Å². The lowest BCUT2D eigenvalue weighted by atomic mass is 10.2. The highest BCUT2D eigenvalue weighted by molar-refractivity contribution is 8.19. The molecule has 0 saturated carbocycles. The van der Waals surface area contributed by atoms with Crippen molar-refractivity contribution in [2.75, 3.05) is 25.6 Å². The molecule has 6 nitrogen and oxygen atoms in total. The van der Waals surface area contributed by atoms with Crippen molar-refractivity contribution in [3.05, 3.63) is 77.3 Å². The smallest absolute Gasteiger partial charge is 0.269 e. The fourth-order valence-corrected chi connectivity index (χ4v) is 5.97. The van der Waals surface area contributed by atoms with Gasteiger partial charge >= 0.3 is 0 Å². The Bertz CT molecular complexity index is 1310. The number of hydrogen-bond acceptors (Lipinski definition) is 7. The molecule has 3 heterocycles. The molecule has 2 aromatic carbocycles. The molecule has 0 aliphatic carbocycles. The van der Waals surface area contributed by atoms with Crippen LogP contribution in [0.3, 0.4) is 0 Å². The molecule has 0 radical (unpaired) electrons. The van der Waals surface area contributed by atoms with Gasteiger partial charge in [-0.05, 0) is 48.2 Å². The number of anilines is 1. The minimum atomic E-state index is -0.0684. The lowest BCUT2D eigenvalue weighted by molar-refractivity contribution is -0.121. The molecule has 0 N–H and O–H groups in total. The second kappa shape index (κ2) is 8.37. The average molecular weight is 461 g/mol. The number of hydrogen-bond donors (Lipinski definition) is 0. The molecule has 0 atom stereocenters. The van der Waals surface area contributed by atoms with E-state index in [0.717, 1.165) is 38.0 Å². The van der Waals surface area contributed by atoms with Crippen molar-refractivity contribution in [2.45, 2.75) is 4.90 Å². The number of carbonyl (C=O) groups excluding carboxylic acids is 1. The predicted octanol–water partition coefficient (Wildman–Crippen LogP) is 5.40. The van der Waals surface area contributed by atoms with E-state index in [2.05, 4.69) is 11.6 Å². The molecule has 0 spiro atoms. The third-order valence-corrected chi connectivity index (χ3v) is 7.68. The molecule has 1 amide bonds. The molecule has 2 aliphatic rings. The summed E-state index contributed by atoms with van der Waals surface area (Å²) in [6.07, 6.45) is 3.48. The number of rotatable bonds is 4. The van der Waals surface area contributed by atoms with Crippen LogP contribution in [0.2, 0.25) is 0 Å². The Labute approximate surface area is 194 Å². The predicted molar refractivity (Wildman–Crippen MR) is 133 cm³/mol. The number of nitrogens with zero attached hydrogens (tertiary/aromatic N) is 4. The SMILES string of the molecule is C=CCN1C(=O)C(=C2Sc3ccc(OC)cc3N2C)SC1=Nc1cccc2ncccc12. The van der Waals surface area contributed by atoms with E-state index in [1.54, 1.807) is 36.0 Å². The van der Waals surface area contributed by atoms with E-state index in [1.807, 2.05) is 60.5 Å². The van der Waals surface area contributed by atoms with Gasteiger partial charge in [-0.3, -0.25) is 14.7 Å². The van der Waals surface area contributed by atoms with E-state index in [9.17, 15) is 4.79 Å². The Morgan fingerprint density at radius 1 is 1.19 bits per heavy atom. The van der Waals surface area contributed by atoms with Gasteiger partial charge in [-0.15, -0.1) is 6.58 Å². The lowest BCUT2D eigenvalue weighted by Crippen LogP contribution is -2.29. The van der Waals surface area contributed by atoms with E-state index in [-0.39, 0.29) is 5.91 Å². The minimum Gasteiger partial charge on any atom is -0.497 e. The van der Waals surface area contributed by atoms with Crippen LogP contribution in [0.4, 0.5) is 11.4 Å². The standard InChI is InChI=1S/C24H20N4O2S2/c1-4-13-28-22(29)21(23-27(2)19-14-15(30-3)10-11-20(19)31-23)32-24(28)26-18-9-5-8-17-16(18)7-6-12-25-17/h4-12,14H,1,13H2,2-3H3. The third-order valence-electron chi connectivity index (χ3n) is 5.25. The number of pyridine rings is 1. The monoisotopic (exact) mass is 460 g/mol. The Kier molecular flexibility index (Phi) is 5.40. The van der Waals surface area contributed by atoms with E-state index in [0.29, 0.717) is 16.6 Å². The van der Waals surface area contributed by atoms with Gasteiger partial charge < -0.3 is 9.64 Å². The highest BCUT2D eigenvalue weighted by atomic mass is 32.2. The summed E-state index contributed by atoms with van der Waals surface area (Å²) in [6, 6.07) is 15.6. The number of ether oxygens (including phenoxy) is 1. The number of aromatic nitrogens is 1. The minimum absolute atomic E-state index is 0.0684. The summed E-state index contributed by atoms with van der Waals surface area (Å²) in [4.78, 5) is 28.2. The van der Waals surface area contributed by atoms with Crippen LogP contribution in [-0.2, 0) is 4.79 Å². The number of amidine groups is 1. The van der Waals surface area contributed by atoms with Gasteiger partial charge in [0.25, 0.3) is 5.91 Å². The fourth-order valence-electron chi connectivity index (χ4n) is 3.65. The maximum atomic E-state index is 13.4. The molecule has 160 valence electrons. The number of aliphatic imine (C=N–C) groups is 1. The van der Waals surface area contributed by atoms with Crippen molar-refractivity contribution in [3.63, 3.8) is 0 Å². The lowest BCUT2D eigenvalue weighted by Gasteiger charge is -2.16. The molecule has 0 unspecified atom stereocenters. The van der Waals surface area contributed by atoms with Gasteiger partial charge in [0.2, 0.25) is 0 Å². The maximum Gasteiger partial charge on any atom is 0.269 e. The van der Waals surface area contributed by atoms with Crippen molar-refractivity contribution in [1.29, 1.82) is 0 Å². The summed E-state index contributed by atoms with van der Waals surface area (Å²) in [5.74, 6) is 0.717. The van der Waals surface area contributed by atoms with Crippen LogP contribution in [0.1, 0.15) is 0 Å². The first kappa shape index (κ1) is 20.7. The Morgan fingerprint density at radius 2 is 2.06 bits per heavy atom. The summed E-state index contributed by atoms with van der Waals surface area (Å²) in [5, 5.41) is 2.47. The summed E-state index contributed by atoms with van der Waals surface area (Å²) in [7, 11) is 3.62. The van der Waals surface area contributed by atoms with Crippen LogP contribution in [0.5, 0.6) is 5.75 Å².